The topological polar surface area (TPSA) is 73.5 Å². The zero-order valence-corrected chi connectivity index (χ0v) is 11.3. The van der Waals surface area contributed by atoms with Crippen molar-refractivity contribution in [3.05, 3.63) is 0 Å². The zero-order valence-electron chi connectivity index (χ0n) is 11.3. The molecule has 0 aromatic rings. The highest BCUT2D eigenvalue weighted by molar-refractivity contribution is 5.81. The molecule has 0 unspecified atom stereocenters. The van der Waals surface area contributed by atoms with E-state index >= 15 is 0 Å². The van der Waals surface area contributed by atoms with Gasteiger partial charge >= 0.3 is 0 Å². The molecule has 1 heterocycles. The van der Waals surface area contributed by atoms with Crippen LogP contribution in [0.25, 0.3) is 0 Å². The lowest BCUT2D eigenvalue weighted by Crippen LogP contribution is -2.47. The molecule has 1 aliphatic heterocycles. The van der Waals surface area contributed by atoms with E-state index in [0.717, 1.165) is 44.9 Å². The fourth-order valence-electron chi connectivity index (χ4n) is 2.10. The SMILES string of the molecule is CCNCC1CCN(CC(=O)NNC(C)=O)CC1. The number of rotatable bonds is 5. The Labute approximate surface area is 108 Å². The number of nitrogens with zero attached hydrogens (tertiary/aromatic N) is 1. The molecule has 0 radical (unpaired) electrons. The molecule has 0 atom stereocenters. The second kappa shape index (κ2) is 8.05. The maximum absolute atomic E-state index is 11.5. The number of hydrogen-bond donors (Lipinski definition) is 3. The van der Waals surface area contributed by atoms with Crippen molar-refractivity contribution in [3.63, 3.8) is 0 Å². The Bertz CT molecular complexity index is 275. The zero-order chi connectivity index (χ0) is 13.4. The number of nitrogens with one attached hydrogen (secondary N) is 3. The summed E-state index contributed by atoms with van der Waals surface area (Å²) in [4.78, 5) is 24.3. The van der Waals surface area contributed by atoms with Gasteiger partial charge in [0, 0.05) is 6.92 Å². The summed E-state index contributed by atoms with van der Waals surface area (Å²) >= 11 is 0. The van der Waals surface area contributed by atoms with E-state index in [2.05, 4.69) is 28.0 Å². The average molecular weight is 256 g/mol. The standard InChI is InChI=1S/C12H24N4O2/c1-3-13-8-11-4-6-16(7-5-11)9-12(18)15-14-10(2)17/h11,13H,3-9H2,1-2H3,(H,14,17)(H,15,18). The maximum atomic E-state index is 11.5. The Hall–Kier alpha value is -1.14. The normalized spacial score (nSPS) is 17.4. The van der Waals surface area contributed by atoms with Gasteiger partial charge in [0.05, 0.1) is 6.54 Å². The van der Waals surface area contributed by atoms with Crippen molar-refractivity contribution >= 4 is 11.8 Å². The second-order valence-electron chi connectivity index (χ2n) is 4.76. The smallest absolute Gasteiger partial charge is 0.252 e. The van der Waals surface area contributed by atoms with Gasteiger partial charge in [-0.15, -0.1) is 0 Å². The van der Waals surface area contributed by atoms with E-state index in [9.17, 15) is 9.59 Å². The number of amides is 2. The van der Waals surface area contributed by atoms with Crippen LogP contribution in [0.2, 0.25) is 0 Å². The maximum Gasteiger partial charge on any atom is 0.252 e. The fourth-order valence-corrected chi connectivity index (χ4v) is 2.10. The predicted octanol–water partition coefficient (Wildman–Crippen LogP) is -0.525. The van der Waals surface area contributed by atoms with Crippen molar-refractivity contribution in [1.29, 1.82) is 0 Å². The first-order valence-corrected chi connectivity index (χ1v) is 6.60. The molecule has 2 amide bonds. The first kappa shape index (κ1) is 14.9. The van der Waals surface area contributed by atoms with Crippen LogP contribution >= 0.6 is 0 Å². The van der Waals surface area contributed by atoms with E-state index in [1.54, 1.807) is 0 Å². The van der Waals surface area contributed by atoms with Crippen LogP contribution < -0.4 is 16.2 Å². The van der Waals surface area contributed by atoms with Gasteiger partial charge in [0.2, 0.25) is 5.91 Å². The summed E-state index contributed by atoms with van der Waals surface area (Å²) in [7, 11) is 0. The first-order valence-electron chi connectivity index (χ1n) is 6.60. The van der Waals surface area contributed by atoms with Gasteiger partial charge in [-0.1, -0.05) is 6.92 Å². The van der Waals surface area contributed by atoms with E-state index < -0.39 is 0 Å². The molecule has 1 fully saturated rings. The third kappa shape index (κ3) is 5.97. The summed E-state index contributed by atoms with van der Waals surface area (Å²) < 4.78 is 0. The summed E-state index contributed by atoms with van der Waals surface area (Å²) in [6, 6.07) is 0. The molecule has 0 spiro atoms. The van der Waals surface area contributed by atoms with Crippen molar-refractivity contribution in [2.24, 2.45) is 5.92 Å². The van der Waals surface area contributed by atoms with E-state index in [4.69, 9.17) is 0 Å². The number of hydrazine groups is 1. The summed E-state index contributed by atoms with van der Waals surface area (Å²) in [6.45, 7) is 7.82. The van der Waals surface area contributed by atoms with Crippen molar-refractivity contribution in [2.45, 2.75) is 26.7 Å². The Morgan fingerprint density at radius 1 is 1.22 bits per heavy atom. The molecule has 1 rings (SSSR count). The largest absolute Gasteiger partial charge is 0.317 e. The minimum Gasteiger partial charge on any atom is -0.317 e. The van der Waals surface area contributed by atoms with Gasteiger partial charge in [0.15, 0.2) is 0 Å². The Balaban J connectivity index is 2.14. The number of piperidine rings is 1. The van der Waals surface area contributed by atoms with Gasteiger partial charge in [0.25, 0.3) is 5.91 Å². The minimum absolute atomic E-state index is 0.157. The molecular weight excluding hydrogens is 232 g/mol. The van der Waals surface area contributed by atoms with E-state index in [-0.39, 0.29) is 11.8 Å². The van der Waals surface area contributed by atoms with Gasteiger partial charge in [-0.05, 0) is 44.9 Å². The molecule has 3 N–H and O–H groups in total. The van der Waals surface area contributed by atoms with Crippen molar-refractivity contribution < 1.29 is 9.59 Å². The highest BCUT2D eigenvalue weighted by atomic mass is 16.2. The summed E-state index contributed by atoms with van der Waals surface area (Å²) in [5.74, 6) is 0.308. The first-order chi connectivity index (χ1) is 8.61. The highest BCUT2D eigenvalue weighted by Crippen LogP contribution is 2.15. The molecule has 0 saturated carbocycles. The number of hydrogen-bond acceptors (Lipinski definition) is 4. The van der Waals surface area contributed by atoms with Gasteiger partial charge in [-0.3, -0.25) is 25.3 Å². The molecule has 1 saturated heterocycles. The van der Waals surface area contributed by atoms with Crippen LogP contribution in [0.4, 0.5) is 0 Å². The Morgan fingerprint density at radius 2 is 1.89 bits per heavy atom. The Morgan fingerprint density at radius 3 is 2.44 bits per heavy atom. The molecule has 18 heavy (non-hydrogen) atoms. The van der Waals surface area contributed by atoms with Gasteiger partial charge in [0.1, 0.15) is 0 Å². The van der Waals surface area contributed by atoms with Gasteiger partial charge in [-0.2, -0.15) is 0 Å². The van der Waals surface area contributed by atoms with Crippen LogP contribution in [0.1, 0.15) is 26.7 Å². The third-order valence-corrected chi connectivity index (χ3v) is 3.14. The van der Waals surface area contributed by atoms with Crippen molar-refractivity contribution in [1.82, 2.24) is 21.1 Å². The van der Waals surface area contributed by atoms with E-state index in [1.165, 1.54) is 6.92 Å². The molecule has 104 valence electrons. The number of carbonyl (C=O) groups excluding carboxylic acids is 2. The average Bonchev–Trinajstić information content (AvgIpc) is 2.35. The van der Waals surface area contributed by atoms with Crippen LogP contribution in [0.5, 0.6) is 0 Å². The van der Waals surface area contributed by atoms with Crippen LogP contribution in [0.3, 0.4) is 0 Å². The molecular formula is C12H24N4O2. The number of carbonyl (C=O) groups is 2. The summed E-state index contributed by atoms with van der Waals surface area (Å²) in [6.07, 6.45) is 2.25. The monoisotopic (exact) mass is 256 g/mol. The molecule has 0 aliphatic carbocycles. The van der Waals surface area contributed by atoms with Crippen LogP contribution in [0, 0.1) is 5.92 Å². The lowest BCUT2D eigenvalue weighted by molar-refractivity contribution is -0.128. The van der Waals surface area contributed by atoms with Crippen molar-refractivity contribution in [2.75, 3.05) is 32.7 Å². The fraction of sp³-hybridized carbons (Fsp3) is 0.833. The molecule has 1 aliphatic rings. The second-order valence-corrected chi connectivity index (χ2v) is 4.76. The predicted molar refractivity (Wildman–Crippen MR) is 69.7 cm³/mol. The summed E-state index contributed by atoms with van der Waals surface area (Å²) in [5, 5.41) is 3.36. The molecule has 0 aromatic carbocycles. The third-order valence-electron chi connectivity index (χ3n) is 3.14. The molecule has 6 nitrogen and oxygen atoms in total. The number of likely N-dealkylation sites (tertiary alicyclic amines) is 1. The lowest BCUT2D eigenvalue weighted by atomic mass is 9.97. The van der Waals surface area contributed by atoms with Crippen molar-refractivity contribution in [3.8, 4) is 0 Å². The lowest BCUT2D eigenvalue weighted by Gasteiger charge is -2.31. The van der Waals surface area contributed by atoms with Crippen LogP contribution in [-0.4, -0.2) is 49.4 Å². The molecule has 0 aromatic heterocycles. The van der Waals surface area contributed by atoms with Gasteiger partial charge in [-0.25, -0.2) is 0 Å². The van der Waals surface area contributed by atoms with Crippen LogP contribution in [-0.2, 0) is 9.59 Å². The Kier molecular flexibility index (Phi) is 6.67. The minimum atomic E-state index is -0.257. The van der Waals surface area contributed by atoms with Crippen LogP contribution in [0.15, 0.2) is 0 Å². The molecule has 6 heteroatoms. The summed E-state index contributed by atoms with van der Waals surface area (Å²) in [5.41, 5.74) is 4.68. The molecule has 0 bridgehead atoms. The van der Waals surface area contributed by atoms with E-state index in [0.29, 0.717) is 6.54 Å². The van der Waals surface area contributed by atoms with E-state index in [1.807, 2.05) is 0 Å². The highest BCUT2D eigenvalue weighted by Gasteiger charge is 2.20. The van der Waals surface area contributed by atoms with Gasteiger partial charge < -0.3 is 5.32 Å². The quantitative estimate of drug-likeness (QED) is 0.579.